The van der Waals surface area contributed by atoms with Gasteiger partial charge in [-0.2, -0.15) is 0 Å². The Balaban J connectivity index is 1.57. The molecule has 18 heavy (non-hydrogen) atoms. The lowest BCUT2D eigenvalue weighted by atomic mass is 10.3. The monoisotopic (exact) mass is 256 g/mol. The first kappa shape index (κ1) is 13.3. The second kappa shape index (κ2) is 6.73. The predicted molar refractivity (Wildman–Crippen MR) is 62.6 cm³/mol. The van der Waals surface area contributed by atoms with Crippen molar-refractivity contribution >= 4 is 11.9 Å². The fourth-order valence-corrected chi connectivity index (χ4v) is 2.30. The Morgan fingerprint density at radius 3 is 2.22 bits per heavy atom. The van der Waals surface area contributed by atoms with Crippen molar-refractivity contribution < 1.29 is 23.8 Å². The Bertz CT molecular complexity index is 260. The molecular formula is C13H20O5. The van der Waals surface area contributed by atoms with Crippen LogP contribution in [0.4, 0.5) is 0 Å². The maximum Gasteiger partial charge on any atom is 0.308 e. The molecule has 0 radical (unpaired) electrons. The van der Waals surface area contributed by atoms with E-state index in [0.29, 0.717) is 6.61 Å². The summed E-state index contributed by atoms with van der Waals surface area (Å²) < 4.78 is 15.5. The highest BCUT2D eigenvalue weighted by molar-refractivity contribution is 5.77. The van der Waals surface area contributed by atoms with Crippen LogP contribution in [-0.4, -0.2) is 30.9 Å². The number of hydrogen-bond acceptors (Lipinski definition) is 5. The summed E-state index contributed by atoms with van der Waals surface area (Å²) in [6.07, 6.45) is 5.64. The van der Waals surface area contributed by atoms with Gasteiger partial charge in [-0.25, -0.2) is 0 Å². The van der Waals surface area contributed by atoms with Crippen LogP contribution in [0, 0.1) is 0 Å². The Kier molecular flexibility index (Phi) is 4.99. The van der Waals surface area contributed by atoms with Crippen LogP contribution < -0.4 is 0 Å². The Labute approximate surface area is 107 Å². The lowest BCUT2D eigenvalue weighted by Gasteiger charge is -2.12. The maximum absolute atomic E-state index is 11.5. The van der Waals surface area contributed by atoms with E-state index in [4.69, 9.17) is 14.2 Å². The van der Waals surface area contributed by atoms with Crippen molar-refractivity contribution in [2.45, 2.75) is 63.8 Å². The lowest BCUT2D eigenvalue weighted by molar-refractivity contribution is -0.171. The number of carbonyl (C=O) groups excluding carboxylic acids is 2. The van der Waals surface area contributed by atoms with E-state index < -0.39 is 6.29 Å². The van der Waals surface area contributed by atoms with Crippen molar-refractivity contribution in [2.75, 3.05) is 6.61 Å². The molecule has 0 spiro atoms. The highest BCUT2D eigenvalue weighted by atomic mass is 16.7. The fourth-order valence-electron chi connectivity index (χ4n) is 2.30. The van der Waals surface area contributed by atoms with Gasteiger partial charge in [-0.1, -0.05) is 0 Å². The van der Waals surface area contributed by atoms with Gasteiger partial charge < -0.3 is 14.2 Å². The first-order valence-electron chi connectivity index (χ1n) is 6.74. The van der Waals surface area contributed by atoms with Crippen molar-refractivity contribution in [1.29, 1.82) is 0 Å². The molecule has 1 atom stereocenters. The summed E-state index contributed by atoms with van der Waals surface area (Å²) in [6, 6.07) is 0. The topological polar surface area (TPSA) is 61.8 Å². The molecule has 0 aromatic carbocycles. The van der Waals surface area contributed by atoms with Gasteiger partial charge in [0, 0.05) is 6.42 Å². The molecular weight excluding hydrogens is 236 g/mol. The standard InChI is InChI=1S/C13H20O5/c14-11(17-10-4-1-2-5-10)7-8-12(15)18-13-6-3-9-16-13/h10,13H,1-9H2. The summed E-state index contributed by atoms with van der Waals surface area (Å²) in [5.41, 5.74) is 0. The third kappa shape index (κ3) is 4.29. The smallest absolute Gasteiger partial charge is 0.308 e. The molecule has 0 bridgehead atoms. The number of esters is 2. The largest absolute Gasteiger partial charge is 0.462 e. The van der Waals surface area contributed by atoms with Gasteiger partial charge >= 0.3 is 11.9 Å². The van der Waals surface area contributed by atoms with Crippen molar-refractivity contribution in [3.8, 4) is 0 Å². The molecule has 1 heterocycles. The van der Waals surface area contributed by atoms with E-state index in [0.717, 1.165) is 38.5 Å². The molecule has 2 rings (SSSR count). The summed E-state index contributed by atoms with van der Waals surface area (Å²) in [7, 11) is 0. The molecule has 0 aromatic heterocycles. The molecule has 5 heteroatoms. The van der Waals surface area contributed by atoms with Gasteiger partial charge in [-0.3, -0.25) is 9.59 Å². The normalized spacial score (nSPS) is 24.1. The number of hydrogen-bond donors (Lipinski definition) is 0. The van der Waals surface area contributed by atoms with Crippen molar-refractivity contribution in [1.82, 2.24) is 0 Å². The van der Waals surface area contributed by atoms with Gasteiger partial charge in [0.15, 0.2) is 0 Å². The molecule has 1 aliphatic heterocycles. The fraction of sp³-hybridized carbons (Fsp3) is 0.846. The van der Waals surface area contributed by atoms with Gasteiger partial charge in [0.05, 0.1) is 19.4 Å². The first-order valence-corrected chi connectivity index (χ1v) is 6.74. The third-order valence-electron chi connectivity index (χ3n) is 3.28. The maximum atomic E-state index is 11.5. The zero-order chi connectivity index (χ0) is 12.8. The quantitative estimate of drug-likeness (QED) is 0.703. The number of rotatable bonds is 5. The molecule has 1 aliphatic carbocycles. The summed E-state index contributed by atoms with van der Waals surface area (Å²) in [5.74, 6) is -0.684. The average Bonchev–Trinajstić information content (AvgIpc) is 2.99. The van der Waals surface area contributed by atoms with Crippen LogP contribution in [0.15, 0.2) is 0 Å². The Hall–Kier alpha value is -1.10. The van der Waals surface area contributed by atoms with Crippen LogP contribution >= 0.6 is 0 Å². The van der Waals surface area contributed by atoms with Crippen LogP contribution in [0.2, 0.25) is 0 Å². The lowest BCUT2D eigenvalue weighted by Crippen LogP contribution is -2.19. The zero-order valence-electron chi connectivity index (χ0n) is 10.6. The first-order chi connectivity index (χ1) is 8.74. The molecule has 2 aliphatic rings. The van der Waals surface area contributed by atoms with E-state index in [1.54, 1.807) is 0 Å². The second-order valence-corrected chi connectivity index (χ2v) is 4.83. The minimum atomic E-state index is -0.414. The number of carbonyl (C=O) groups is 2. The summed E-state index contributed by atoms with van der Waals surface area (Å²) >= 11 is 0. The van der Waals surface area contributed by atoms with Crippen LogP contribution in [0.3, 0.4) is 0 Å². The summed E-state index contributed by atoms with van der Waals surface area (Å²) in [6.45, 7) is 0.641. The van der Waals surface area contributed by atoms with Crippen molar-refractivity contribution in [3.63, 3.8) is 0 Å². The summed E-state index contributed by atoms with van der Waals surface area (Å²) in [5, 5.41) is 0. The molecule has 0 N–H and O–H groups in total. The molecule has 1 unspecified atom stereocenters. The SMILES string of the molecule is O=C(CCC(=O)OC1CCCO1)OC1CCCC1. The molecule has 2 fully saturated rings. The van der Waals surface area contributed by atoms with Crippen LogP contribution in [0.1, 0.15) is 51.4 Å². The van der Waals surface area contributed by atoms with E-state index in [9.17, 15) is 9.59 Å². The minimum Gasteiger partial charge on any atom is -0.462 e. The highest BCUT2D eigenvalue weighted by Crippen LogP contribution is 2.21. The number of ether oxygens (including phenoxy) is 3. The zero-order valence-corrected chi connectivity index (χ0v) is 10.6. The van der Waals surface area contributed by atoms with E-state index in [2.05, 4.69) is 0 Å². The van der Waals surface area contributed by atoms with Gasteiger partial charge in [-0.15, -0.1) is 0 Å². The Morgan fingerprint density at radius 1 is 0.944 bits per heavy atom. The molecule has 0 aromatic rings. The van der Waals surface area contributed by atoms with E-state index in [1.807, 2.05) is 0 Å². The van der Waals surface area contributed by atoms with Crippen molar-refractivity contribution in [2.24, 2.45) is 0 Å². The highest BCUT2D eigenvalue weighted by Gasteiger charge is 2.22. The van der Waals surface area contributed by atoms with Crippen LogP contribution in [-0.2, 0) is 23.8 Å². The molecule has 1 saturated carbocycles. The van der Waals surface area contributed by atoms with Gasteiger partial charge in [0.2, 0.25) is 6.29 Å². The predicted octanol–water partition coefficient (Wildman–Crippen LogP) is 1.93. The van der Waals surface area contributed by atoms with Gasteiger partial charge in [0.25, 0.3) is 0 Å². The average molecular weight is 256 g/mol. The second-order valence-electron chi connectivity index (χ2n) is 4.83. The minimum absolute atomic E-state index is 0.0617. The third-order valence-corrected chi connectivity index (χ3v) is 3.28. The molecule has 102 valence electrons. The van der Waals surface area contributed by atoms with Gasteiger partial charge in [-0.05, 0) is 32.1 Å². The van der Waals surface area contributed by atoms with Crippen LogP contribution in [0.5, 0.6) is 0 Å². The van der Waals surface area contributed by atoms with E-state index in [-0.39, 0.29) is 30.9 Å². The van der Waals surface area contributed by atoms with E-state index in [1.165, 1.54) is 0 Å². The molecule has 1 saturated heterocycles. The Morgan fingerprint density at radius 2 is 1.61 bits per heavy atom. The molecule has 0 amide bonds. The van der Waals surface area contributed by atoms with Crippen molar-refractivity contribution in [3.05, 3.63) is 0 Å². The van der Waals surface area contributed by atoms with Gasteiger partial charge in [0.1, 0.15) is 6.10 Å². The molecule has 5 nitrogen and oxygen atoms in total. The summed E-state index contributed by atoms with van der Waals surface area (Å²) in [4.78, 5) is 22.9. The van der Waals surface area contributed by atoms with E-state index >= 15 is 0 Å². The van der Waals surface area contributed by atoms with Crippen LogP contribution in [0.25, 0.3) is 0 Å².